The molecule has 3 heterocycles. The quantitative estimate of drug-likeness (QED) is 0.373. The van der Waals surface area contributed by atoms with Gasteiger partial charge in [0.25, 0.3) is 6.43 Å². The van der Waals surface area contributed by atoms with E-state index in [9.17, 15) is 13.6 Å². The first-order valence-electron chi connectivity index (χ1n) is 10.7. The number of aromatic amines is 1. The van der Waals surface area contributed by atoms with Crippen LogP contribution in [0.2, 0.25) is 0 Å². The molecule has 1 aliphatic rings. The molecule has 176 valence electrons. The number of hydrogen-bond acceptors (Lipinski definition) is 7. The van der Waals surface area contributed by atoms with Crippen LogP contribution < -0.4 is 15.4 Å². The van der Waals surface area contributed by atoms with E-state index in [1.165, 1.54) is 7.11 Å². The predicted molar refractivity (Wildman–Crippen MR) is 121 cm³/mol. The number of anilines is 3. The Kier molecular flexibility index (Phi) is 5.34. The molecule has 3 aromatic heterocycles. The van der Waals surface area contributed by atoms with Crippen LogP contribution in [0.25, 0.3) is 22.6 Å². The zero-order valence-electron chi connectivity index (χ0n) is 18.7. The molecule has 0 radical (unpaired) electrons. The fraction of sp³-hybridized carbons (Fsp3) is 0.318. The van der Waals surface area contributed by atoms with E-state index in [0.717, 1.165) is 12.8 Å². The number of rotatable bonds is 7. The fourth-order valence-corrected chi connectivity index (χ4v) is 3.77. The number of carbonyl (C=O) groups is 1. The first-order chi connectivity index (χ1) is 16.3. The molecule has 10 nitrogen and oxygen atoms in total. The summed E-state index contributed by atoms with van der Waals surface area (Å²) in [5.41, 5.74) is 1.96. The number of halogens is 2. The third-order valence-electron chi connectivity index (χ3n) is 5.48. The van der Waals surface area contributed by atoms with Gasteiger partial charge in [-0.05, 0) is 31.9 Å². The van der Waals surface area contributed by atoms with E-state index >= 15 is 0 Å². The summed E-state index contributed by atoms with van der Waals surface area (Å²) >= 11 is 0. The van der Waals surface area contributed by atoms with Crippen LogP contribution in [0.3, 0.4) is 0 Å². The van der Waals surface area contributed by atoms with E-state index in [-0.39, 0.29) is 28.8 Å². The number of para-hydroxylation sites is 1. The van der Waals surface area contributed by atoms with Crippen molar-refractivity contribution >= 4 is 34.3 Å². The van der Waals surface area contributed by atoms with Gasteiger partial charge in [-0.15, -0.1) is 0 Å². The van der Waals surface area contributed by atoms with Crippen molar-refractivity contribution in [1.82, 2.24) is 29.7 Å². The average molecular weight is 468 g/mol. The monoisotopic (exact) mass is 468 g/mol. The number of amides is 1. The number of nitrogens with zero attached hydrogens (tertiary/aromatic N) is 5. The smallest absolute Gasteiger partial charge is 0.295 e. The maximum absolute atomic E-state index is 13.3. The largest absolute Gasteiger partial charge is 0.494 e. The molecule has 0 unspecified atom stereocenters. The third kappa shape index (κ3) is 4.02. The summed E-state index contributed by atoms with van der Waals surface area (Å²) < 4.78 is 34.0. The van der Waals surface area contributed by atoms with E-state index in [2.05, 4.69) is 35.7 Å². The second kappa shape index (κ2) is 8.36. The Balaban J connectivity index is 1.59. The summed E-state index contributed by atoms with van der Waals surface area (Å²) in [7, 11) is 3.31. The number of imidazole rings is 1. The first-order valence-corrected chi connectivity index (χ1v) is 10.7. The third-order valence-corrected chi connectivity index (χ3v) is 5.48. The van der Waals surface area contributed by atoms with Crippen LogP contribution in [0.4, 0.5) is 26.0 Å². The number of alkyl halides is 2. The Labute approximate surface area is 192 Å². The van der Waals surface area contributed by atoms with Crippen molar-refractivity contribution in [2.75, 3.05) is 17.7 Å². The minimum atomic E-state index is -2.80. The van der Waals surface area contributed by atoms with E-state index in [1.54, 1.807) is 30.8 Å². The second-order valence-corrected chi connectivity index (χ2v) is 8.06. The molecule has 4 aromatic rings. The second-order valence-electron chi connectivity index (χ2n) is 8.06. The molecule has 5 rings (SSSR count). The average Bonchev–Trinajstić information content (AvgIpc) is 3.47. The van der Waals surface area contributed by atoms with E-state index in [0.29, 0.717) is 34.3 Å². The van der Waals surface area contributed by atoms with Crippen LogP contribution in [0, 0.1) is 12.8 Å². The fourth-order valence-electron chi connectivity index (χ4n) is 3.77. The standard InChI is InChI=1S/C22H22F2N8O2/c1-10-25-21(32(2)31-10)12-5-4-6-13(17(12)34-3)26-14-9-15(28-22(33)11-7-8-11)27-19-16(14)29-20(30-19)18(23)24/h4-6,9,11,18H,7-8H2,1-3H3,(H3,26,27,28,29,30,33). The number of carbonyl (C=O) groups excluding carboxylic acids is 1. The first kappa shape index (κ1) is 21.7. The number of hydrogen-bond donors (Lipinski definition) is 3. The van der Waals surface area contributed by atoms with Gasteiger partial charge in [0.1, 0.15) is 17.2 Å². The molecule has 0 aliphatic heterocycles. The summed E-state index contributed by atoms with van der Waals surface area (Å²) in [6.07, 6.45) is -1.15. The van der Waals surface area contributed by atoms with Crippen LogP contribution in [0.1, 0.15) is 30.9 Å². The summed E-state index contributed by atoms with van der Waals surface area (Å²) in [5, 5.41) is 10.3. The van der Waals surface area contributed by atoms with E-state index < -0.39 is 12.2 Å². The van der Waals surface area contributed by atoms with Gasteiger partial charge >= 0.3 is 0 Å². The van der Waals surface area contributed by atoms with Crippen molar-refractivity contribution in [3.05, 3.63) is 35.9 Å². The lowest BCUT2D eigenvalue weighted by molar-refractivity contribution is -0.117. The van der Waals surface area contributed by atoms with Gasteiger partial charge in [0.15, 0.2) is 23.0 Å². The lowest BCUT2D eigenvalue weighted by Crippen LogP contribution is -2.14. The van der Waals surface area contributed by atoms with E-state index in [1.807, 2.05) is 12.1 Å². The number of methoxy groups -OCH3 is 1. The van der Waals surface area contributed by atoms with E-state index in [4.69, 9.17) is 4.74 Å². The maximum Gasteiger partial charge on any atom is 0.295 e. The molecule has 12 heteroatoms. The normalized spacial score (nSPS) is 13.5. The molecular weight excluding hydrogens is 446 g/mol. The number of aromatic nitrogens is 6. The zero-order chi connectivity index (χ0) is 24.0. The van der Waals surface area contributed by atoms with Crippen molar-refractivity contribution in [1.29, 1.82) is 0 Å². The number of aryl methyl sites for hydroxylation is 2. The minimum absolute atomic E-state index is 0.0427. The van der Waals surface area contributed by atoms with Crippen LogP contribution >= 0.6 is 0 Å². The van der Waals surface area contributed by atoms with Gasteiger partial charge in [0.2, 0.25) is 5.91 Å². The number of nitrogens with one attached hydrogen (secondary N) is 3. The van der Waals surface area contributed by atoms with Crippen molar-refractivity contribution in [3.63, 3.8) is 0 Å². The number of pyridine rings is 1. The van der Waals surface area contributed by atoms with Crippen molar-refractivity contribution in [2.45, 2.75) is 26.2 Å². The minimum Gasteiger partial charge on any atom is -0.494 e. The Bertz CT molecular complexity index is 1390. The summed E-state index contributed by atoms with van der Waals surface area (Å²) in [6.45, 7) is 1.79. The Hall–Kier alpha value is -4.09. The SMILES string of the molecule is COc1c(Nc2cc(NC(=O)C3CC3)nc3[nH]c(C(F)F)nc23)cccc1-c1nc(C)nn1C. The molecule has 1 aromatic carbocycles. The highest BCUT2D eigenvalue weighted by Gasteiger charge is 2.30. The molecular formula is C22H22F2N8O2. The molecule has 0 atom stereocenters. The molecule has 0 bridgehead atoms. The molecule has 0 spiro atoms. The Morgan fingerprint density at radius 2 is 2.03 bits per heavy atom. The number of H-pyrrole nitrogens is 1. The lowest BCUT2D eigenvalue weighted by atomic mass is 10.1. The van der Waals surface area contributed by atoms with Crippen LogP contribution in [-0.4, -0.2) is 42.7 Å². The van der Waals surface area contributed by atoms with Gasteiger partial charge in [-0.1, -0.05) is 6.07 Å². The number of ether oxygens (including phenoxy) is 1. The molecule has 1 saturated carbocycles. The molecule has 1 aliphatic carbocycles. The van der Waals surface area contributed by atoms with Gasteiger partial charge < -0.3 is 20.4 Å². The molecule has 0 saturated heterocycles. The highest BCUT2D eigenvalue weighted by atomic mass is 19.3. The number of benzene rings is 1. The summed E-state index contributed by atoms with van der Waals surface area (Å²) in [6, 6.07) is 7.01. The van der Waals surface area contributed by atoms with Crippen LogP contribution in [0.5, 0.6) is 5.75 Å². The molecule has 3 N–H and O–H groups in total. The van der Waals surface area contributed by atoms with Crippen molar-refractivity contribution in [2.24, 2.45) is 13.0 Å². The van der Waals surface area contributed by atoms with Gasteiger partial charge in [-0.25, -0.2) is 28.4 Å². The van der Waals surface area contributed by atoms with Crippen molar-refractivity contribution in [3.8, 4) is 17.1 Å². The lowest BCUT2D eigenvalue weighted by Gasteiger charge is -2.15. The van der Waals surface area contributed by atoms with Crippen LogP contribution in [-0.2, 0) is 11.8 Å². The van der Waals surface area contributed by atoms with Gasteiger partial charge in [-0.2, -0.15) is 5.10 Å². The number of fused-ring (bicyclic) bond motifs is 1. The molecule has 1 fully saturated rings. The van der Waals surface area contributed by atoms with Crippen LogP contribution in [0.15, 0.2) is 24.3 Å². The van der Waals surface area contributed by atoms with Gasteiger partial charge in [-0.3, -0.25) is 4.79 Å². The van der Waals surface area contributed by atoms with Gasteiger partial charge in [0, 0.05) is 19.0 Å². The maximum atomic E-state index is 13.3. The zero-order valence-corrected chi connectivity index (χ0v) is 18.7. The Morgan fingerprint density at radius 3 is 2.68 bits per heavy atom. The Morgan fingerprint density at radius 1 is 1.24 bits per heavy atom. The summed E-state index contributed by atoms with van der Waals surface area (Å²) in [5.74, 6) is 1.23. The van der Waals surface area contributed by atoms with Gasteiger partial charge in [0.05, 0.1) is 24.0 Å². The topological polar surface area (TPSA) is 123 Å². The highest BCUT2D eigenvalue weighted by molar-refractivity contribution is 5.97. The predicted octanol–water partition coefficient (Wildman–Crippen LogP) is 4.10. The summed E-state index contributed by atoms with van der Waals surface area (Å²) in [4.78, 5) is 27.6. The molecule has 34 heavy (non-hydrogen) atoms. The van der Waals surface area contributed by atoms with Crippen molar-refractivity contribution < 1.29 is 18.3 Å². The highest BCUT2D eigenvalue weighted by Crippen LogP contribution is 2.39. The molecule has 1 amide bonds.